The predicted octanol–water partition coefficient (Wildman–Crippen LogP) is -0.928. The third-order valence-electron chi connectivity index (χ3n) is 2.41. The first kappa shape index (κ1) is 10.4. The van der Waals surface area contributed by atoms with Gasteiger partial charge < -0.3 is 10.5 Å². The van der Waals surface area contributed by atoms with Crippen LogP contribution in [0, 0.1) is 5.92 Å². The molecule has 0 spiro atoms. The molecule has 1 rings (SSSR count). The number of carbonyl (C=O) groups is 1. The van der Waals surface area contributed by atoms with Crippen molar-refractivity contribution in [3.63, 3.8) is 0 Å². The summed E-state index contributed by atoms with van der Waals surface area (Å²) >= 11 is 0. The van der Waals surface area contributed by atoms with Crippen LogP contribution in [0.4, 0.5) is 0 Å². The number of rotatable bonds is 2. The van der Waals surface area contributed by atoms with Crippen molar-refractivity contribution in [2.24, 2.45) is 17.5 Å². The van der Waals surface area contributed by atoms with Gasteiger partial charge in [-0.05, 0) is 18.8 Å². The Morgan fingerprint density at radius 3 is 2.54 bits per heavy atom. The van der Waals surface area contributed by atoms with Crippen molar-refractivity contribution in [3.05, 3.63) is 0 Å². The van der Waals surface area contributed by atoms with Crippen molar-refractivity contribution in [1.82, 2.24) is 5.01 Å². The molecule has 0 aromatic heterocycles. The Kier molecular flexibility index (Phi) is 3.65. The van der Waals surface area contributed by atoms with Crippen LogP contribution < -0.4 is 11.6 Å². The summed E-state index contributed by atoms with van der Waals surface area (Å²) in [6, 6.07) is -0.473. The van der Waals surface area contributed by atoms with E-state index in [4.69, 9.17) is 16.3 Å². The van der Waals surface area contributed by atoms with Crippen LogP contribution in [-0.4, -0.2) is 37.2 Å². The molecule has 1 saturated heterocycles. The van der Waals surface area contributed by atoms with Crippen LogP contribution in [-0.2, 0) is 9.53 Å². The Hall–Kier alpha value is -0.650. The number of amides is 1. The van der Waals surface area contributed by atoms with Gasteiger partial charge in [0.05, 0.1) is 6.04 Å². The summed E-state index contributed by atoms with van der Waals surface area (Å²) in [5.41, 5.74) is 5.77. The number of nitrogens with two attached hydrogens (primary N) is 2. The lowest BCUT2D eigenvalue weighted by Crippen LogP contribution is -2.50. The third-order valence-corrected chi connectivity index (χ3v) is 2.41. The molecule has 1 atom stereocenters. The number of likely N-dealkylation sites (N-methyl/N-ethyl adjacent to an activating group) is 1. The van der Waals surface area contributed by atoms with E-state index in [1.54, 1.807) is 0 Å². The second-order valence-electron chi connectivity index (χ2n) is 3.42. The van der Waals surface area contributed by atoms with E-state index in [1.165, 1.54) is 7.05 Å². The second-order valence-corrected chi connectivity index (χ2v) is 3.42. The summed E-state index contributed by atoms with van der Waals surface area (Å²) < 4.78 is 5.18. The first-order valence-corrected chi connectivity index (χ1v) is 4.48. The van der Waals surface area contributed by atoms with Crippen molar-refractivity contribution in [2.75, 3.05) is 20.3 Å². The predicted molar refractivity (Wildman–Crippen MR) is 48.5 cm³/mol. The molecule has 1 fully saturated rings. The molecule has 0 saturated carbocycles. The topological polar surface area (TPSA) is 81.6 Å². The molecule has 0 bridgehead atoms. The van der Waals surface area contributed by atoms with Crippen molar-refractivity contribution in [2.45, 2.75) is 18.9 Å². The highest BCUT2D eigenvalue weighted by Gasteiger charge is 2.27. The molecule has 5 heteroatoms. The maximum atomic E-state index is 11.4. The summed E-state index contributed by atoms with van der Waals surface area (Å²) in [7, 11) is 1.52. The molecule has 4 N–H and O–H groups in total. The molecule has 13 heavy (non-hydrogen) atoms. The Labute approximate surface area is 78.0 Å². The Morgan fingerprint density at radius 1 is 1.54 bits per heavy atom. The van der Waals surface area contributed by atoms with Crippen molar-refractivity contribution in [3.8, 4) is 0 Å². The first-order valence-electron chi connectivity index (χ1n) is 4.48. The highest BCUT2D eigenvalue weighted by atomic mass is 16.5. The third kappa shape index (κ3) is 2.65. The molecule has 0 aliphatic carbocycles. The second kappa shape index (κ2) is 4.55. The van der Waals surface area contributed by atoms with Crippen LogP contribution >= 0.6 is 0 Å². The molecule has 76 valence electrons. The molecule has 1 heterocycles. The normalized spacial score (nSPS) is 21.2. The van der Waals surface area contributed by atoms with Gasteiger partial charge in [-0.25, -0.2) is 5.84 Å². The molecule has 1 aliphatic rings. The molecule has 1 aliphatic heterocycles. The highest BCUT2D eigenvalue weighted by Crippen LogP contribution is 2.18. The zero-order valence-electron chi connectivity index (χ0n) is 7.90. The van der Waals surface area contributed by atoms with Crippen LogP contribution in [0.25, 0.3) is 0 Å². The minimum atomic E-state index is -0.473. The van der Waals surface area contributed by atoms with Gasteiger partial charge in [0.1, 0.15) is 0 Å². The summed E-state index contributed by atoms with van der Waals surface area (Å²) in [4.78, 5) is 11.4. The maximum Gasteiger partial charge on any atom is 0.253 e. The van der Waals surface area contributed by atoms with E-state index in [0.29, 0.717) is 13.2 Å². The van der Waals surface area contributed by atoms with Crippen molar-refractivity contribution >= 4 is 5.91 Å². The number of ether oxygens (including phenoxy) is 1. The van der Waals surface area contributed by atoms with Crippen LogP contribution in [0.15, 0.2) is 0 Å². The zero-order valence-corrected chi connectivity index (χ0v) is 7.90. The maximum absolute atomic E-state index is 11.4. The van der Waals surface area contributed by atoms with Crippen LogP contribution in [0.1, 0.15) is 12.8 Å². The smallest absolute Gasteiger partial charge is 0.253 e. The number of hydrogen-bond acceptors (Lipinski definition) is 4. The average Bonchev–Trinajstić information content (AvgIpc) is 2.17. The number of hydrogen-bond donors (Lipinski definition) is 2. The average molecular weight is 187 g/mol. The standard InChI is InChI=1S/C8H17N3O2/c1-11(10)8(12)7(9)6-2-4-13-5-3-6/h6-7H,2-5,9-10H2,1H3. The lowest BCUT2D eigenvalue weighted by Gasteiger charge is -2.28. The van der Waals surface area contributed by atoms with Gasteiger partial charge in [0.25, 0.3) is 5.91 Å². The molecular weight excluding hydrogens is 170 g/mol. The van der Waals surface area contributed by atoms with Gasteiger partial charge in [-0.3, -0.25) is 9.80 Å². The van der Waals surface area contributed by atoms with Crippen molar-refractivity contribution in [1.29, 1.82) is 0 Å². The molecular formula is C8H17N3O2. The molecule has 1 amide bonds. The van der Waals surface area contributed by atoms with E-state index in [1.807, 2.05) is 0 Å². The van der Waals surface area contributed by atoms with Gasteiger partial charge in [-0.15, -0.1) is 0 Å². The summed E-state index contributed by atoms with van der Waals surface area (Å²) in [5, 5.41) is 1.06. The quantitative estimate of drug-likeness (QED) is 0.332. The van der Waals surface area contributed by atoms with E-state index < -0.39 is 6.04 Å². The van der Waals surface area contributed by atoms with E-state index in [0.717, 1.165) is 17.9 Å². The SMILES string of the molecule is CN(N)C(=O)C(N)C1CCOCC1. The Morgan fingerprint density at radius 2 is 2.08 bits per heavy atom. The van der Waals surface area contributed by atoms with E-state index in [2.05, 4.69) is 0 Å². The fourth-order valence-electron chi connectivity index (χ4n) is 1.51. The molecule has 5 nitrogen and oxygen atoms in total. The fraction of sp³-hybridized carbons (Fsp3) is 0.875. The summed E-state index contributed by atoms with van der Waals surface area (Å²) in [5.74, 6) is 5.33. The van der Waals surface area contributed by atoms with Gasteiger partial charge >= 0.3 is 0 Å². The summed E-state index contributed by atoms with van der Waals surface area (Å²) in [6.07, 6.45) is 1.70. The van der Waals surface area contributed by atoms with Crippen LogP contribution in [0.5, 0.6) is 0 Å². The lowest BCUT2D eigenvalue weighted by molar-refractivity contribution is -0.133. The number of nitrogens with zero attached hydrogens (tertiary/aromatic N) is 1. The minimum Gasteiger partial charge on any atom is -0.381 e. The monoisotopic (exact) mass is 187 g/mol. The number of hydrazine groups is 1. The fourth-order valence-corrected chi connectivity index (χ4v) is 1.51. The lowest BCUT2D eigenvalue weighted by atomic mass is 9.92. The van der Waals surface area contributed by atoms with Crippen molar-refractivity contribution < 1.29 is 9.53 Å². The molecule has 0 aromatic rings. The minimum absolute atomic E-state index is 0.202. The van der Waals surface area contributed by atoms with Gasteiger partial charge in [0.2, 0.25) is 0 Å². The van der Waals surface area contributed by atoms with Gasteiger partial charge in [0.15, 0.2) is 0 Å². The van der Waals surface area contributed by atoms with Gasteiger partial charge in [-0.2, -0.15) is 0 Å². The number of carbonyl (C=O) groups excluding carboxylic acids is 1. The Balaban J connectivity index is 2.45. The highest BCUT2D eigenvalue weighted by molar-refractivity contribution is 5.81. The van der Waals surface area contributed by atoms with Crippen LogP contribution in [0.2, 0.25) is 0 Å². The van der Waals surface area contributed by atoms with Gasteiger partial charge in [0, 0.05) is 20.3 Å². The first-order chi connectivity index (χ1) is 6.13. The van der Waals surface area contributed by atoms with E-state index in [9.17, 15) is 4.79 Å². The molecule has 0 aromatic carbocycles. The van der Waals surface area contributed by atoms with Gasteiger partial charge in [-0.1, -0.05) is 0 Å². The van der Waals surface area contributed by atoms with E-state index in [-0.39, 0.29) is 11.8 Å². The van der Waals surface area contributed by atoms with E-state index >= 15 is 0 Å². The largest absolute Gasteiger partial charge is 0.381 e. The molecule has 0 radical (unpaired) electrons. The molecule has 1 unspecified atom stereocenters. The summed E-state index contributed by atoms with van der Waals surface area (Å²) in [6.45, 7) is 1.39. The van der Waals surface area contributed by atoms with Crippen LogP contribution in [0.3, 0.4) is 0 Å². The zero-order chi connectivity index (χ0) is 9.84. The Bertz CT molecular complexity index is 178.